The van der Waals surface area contributed by atoms with E-state index >= 15 is 0 Å². The highest BCUT2D eigenvalue weighted by molar-refractivity contribution is 5.94. The molecule has 5 nitrogen and oxygen atoms in total. The number of carbonyl (C=O) groups is 2. The number of hydrogen-bond acceptors (Lipinski definition) is 2. The van der Waals surface area contributed by atoms with E-state index in [1.54, 1.807) is 18.3 Å². The monoisotopic (exact) mass is 398 g/mol. The zero-order valence-corrected chi connectivity index (χ0v) is 15.0. The number of anilines is 1. The first kappa shape index (κ1) is 21.4. The number of amides is 2. The van der Waals surface area contributed by atoms with Crippen LogP contribution in [0.5, 0.6) is 0 Å². The summed E-state index contributed by atoms with van der Waals surface area (Å²) >= 11 is 0. The Balaban J connectivity index is 1.77. The molecule has 28 heavy (non-hydrogen) atoms. The number of nitrogens with two attached hydrogens (primary N) is 1. The van der Waals surface area contributed by atoms with Crippen molar-refractivity contribution in [3.05, 3.63) is 65.5 Å². The number of nitrogens with one attached hydrogen (secondary N) is 2. The maximum Gasteiger partial charge on any atom is 0.416 e. The molecule has 2 aromatic carbocycles. The van der Waals surface area contributed by atoms with Gasteiger partial charge in [-0.05, 0) is 43.3 Å². The Morgan fingerprint density at radius 2 is 1.75 bits per heavy atom. The molecule has 2 rings (SSSR count). The van der Waals surface area contributed by atoms with Gasteiger partial charge in [-0.3, -0.25) is 9.59 Å². The largest absolute Gasteiger partial charge is 0.416 e. The lowest BCUT2D eigenvalue weighted by molar-refractivity contribution is -0.682. The molecule has 2 amide bonds. The van der Waals surface area contributed by atoms with E-state index in [9.17, 15) is 27.2 Å². The molecule has 150 valence electrons. The van der Waals surface area contributed by atoms with Crippen molar-refractivity contribution in [2.24, 2.45) is 0 Å². The van der Waals surface area contributed by atoms with Gasteiger partial charge in [0.15, 0.2) is 6.54 Å². The number of quaternary nitrogens is 1. The summed E-state index contributed by atoms with van der Waals surface area (Å²) < 4.78 is 51.1. The highest BCUT2D eigenvalue weighted by atomic mass is 19.4. The second-order valence-electron chi connectivity index (χ2n) is 6.18. The number of carbonyl (C=O) groups excluding carboxylic acids is 2. The quantitative estimate of drug-likeness (QED) is 0.626. The summed E-state index contributed by atoms with van der Waals surface area (Å²) in [7, 11) is 0. The summed E-state index contributed by atoms with van der Waals surface area (Å²) in [5.41, 5.74) is 0.0919. The van der Waals surface area contributed by atoms with Crippen LogP contribution in [-0.4, -0.2) is 24.9 Å². The van der Waals surface area contributed by atoms with Gasteiger partial charge in [0.1, 0.15) is 11.9 Å². The van der Waals surface area contributed by atoms with Crippen LogP contribution in [0, 0.1) is 5.82 Å². The second-order valence-corrected chi connectivity index (χ2v) is 6.18. The van der Waals surface area contributed by atoms with Gasteiger partial charge >= 0.3 is 6.18 Å². The van der Waals surface area contributed by atoms with Crippen molar-refractivity contribution in [1.29, 1.82) is 0 Å². The minimum atomic E-state index is -4.43. The van der Waals surface area contributed by atoms with E-state index in [1.165, 1.54) is 30.3 Å². The molecule has 0 aliphatic rings. The predicted octanol–water partition coefficient (Wildman–Crippen LogP) is 2.22. The maximum atomic E-state index is 12.8. The number of halogens is 4. The van der Waals surface area contributed by atoms with Crippen molar-refractivity contribution in [2.45, 2.75) is 19.1 Å². The Labute approximate surface area is 159 Å². The summed E-state index contributed by atoms with van der Waals surface area (Å²) in [6, 6.07) is 9.71. The Morgan fingerprint density at radius 1 is 1.07 bits per heavy atom. The van der Waals surface area contributed by atoms with Crippen molar-refractivity contribution in [3.63, 3.8) is 0 Å². The van der Waals surface area contributed by atoms with Crippen LogP contribution in [0.15, 0.2) is 48.5 Å². The molecule has 4 N–H and O–H groups in total. The Hall–Kier alpha value is -2.94. The number of benzene rings is 2. The van der Waals surface area contributed by atoms with Crippen molar-refractivity contribution in [3.8, 4) is 0 Å². The van der Waals surface area contributed by atoms with Gasteiger partial charge in [-0.15, -0.1) is 0 Å². The Morgan fingerprint density at radius 3 is 2.39 bits per heavy atom. The van der Waals surface area contributed by atoms with Gasteiger partial charge in [-0.1, -0.05) is 12.1 Å². The highest BCUT2D eigenvalue weighted by Crippen LogP contribution is 2.30. The van der Waals surface area contributed by atoms with E-state index in [0.29, 0.717) is 11.3 Å². The van der Waals surface area contributed by atoms with Crippen LogP contribution in [0.1, 0.15) is 24.1 Å². The summed E-state index contributed by atoms with van der Waals surface area (Å²) in [6.45, 7) is 1.35. The Kier molecular flexibility index (Phi) is 7.11. The molecule has 0 aromatic heterocycles. The number of hydrogen-bond donors (Lipinski definition) is 3. The molecule has 0 bridgehead atoms. The molecule has 0 saturated heterocycles. The van der Waals surface area contributed by atoms with Crippen molar-refractivity contribution in [1.82, 2.24) is 5.32 Å². The summed E-state index contributed by atoms with van der Waals surface area (Å²) in [6.07, 6.45) is -4.43. The van der Waals surface area contributed by atoms with Crippen LogP contribution in [0.25, 0.3) is 0 Å². The smallest absolute Gasteiger partial charge is 0.342 e. The van der Waals surface area contributed by atoms with Gasteiger partial charge < -0.3 is 16.0 Å². The maximum absolute atomic E-state index is 12.8. The SMILES string of the molecule is C[C@@H]([NH2+]CC(=O)NCC(=O)Nc1ccc(F)cc1)c1cccc(C(F)(F)F)c1. The molecule has 0 spiro atoms. The van der Waals surface area contributed by atoms with Crippen LogP contribution < -0.4 is 16.0 Å². The van der Waals surface area contributed by atoms with Gasteiger partial charge in [0, 0.05) is 11.3 Å². The first-order valence-electron chi connectivity index (χ1n) is 8.48. The van der Waals surface area contributed by atoms with Gasteiger partial charge in [0.25, 0.3) is 5.91 Å². The average Bonchev–Trinajstić information content (AvgIpc) is 2.65. The van der Waals surface area contributed by atoms with Crippen LogP contribution in [0.2, 0.25) is 0 Å². The van der Waals surface area contributed by atoms with E-state index in [1.807, 2.05) is 0 Å². The zero-order chi connectivity index (χ0) is 20.7. The second kappa shape index (κ2) is 9.32. The molecule has 9 heteroatoms. The van der Waals surface area contributed by atoms with Crippen molar-refractivity contribution in [2.75, 3.05) is 18.4 Å². The van der Waals surface area contributed by atoms with E-state index in [0.717, 1.165) is 12.1 Å². The topological polar surface area (TPSA) is 74.8 Å². The summed E-state index contributed by atoms with van der Waals surface area (Å²) in [5.74, 6) is -1.35. The van der Waals surface area contributed by atoms with Crippen LogP contribution in [-0.2, 0) is 15.8 Å². The lowest BCUT2D eigenvalue weighted by Gasteiger charge is -2.13. The van der Waals surface area contributed by atoms with Crippen LogP contribution in [0.3, 0.4) is 0 Å². The van der Waals surface area contributed by atoms with Crippen LogP contribution in [0.4, 0.5) is 23.2 Å². The standard InChI is InChI=1S/C19H19F4N3O2/c1-12(13-3-2-4-14(9-13)19(21,22)23)24-10-17(27)25-11-18(28)26-16-7-5-15(20)6-8-16/h2-9,12,24H,10-11H2,1H3,(H,25,27)(H,26,28)/p+1/t12-/m1/s1. The van der Waals surface area contributed by atoms with E-state index in [2.05, 4.69) is 10.6 Å². The summed E-state index contributed by atoms with van der Waals surface area (Å²) in [5, 5.41) is 6.49. The molecule has 0 radical (unpaired) electrons. The molecule has 0 unspecified atom stereocenters. The third-order valence-electron chi connectivity index (χ3n) is 3.97. The normalized spacial score (nSPS) is 12.3. The van der Waals surface area contributed by atoms with Gasteiger partial charge in [0.2, 0.25) is 5.91 Å². The fourth-order valence-corrected chi connectivity index (χ4v) is 2.41. The molecular formula is C19H20F4N3O2+. The first-order chi connectivity index (χ1) is 13.1. The van der Waals surface area contributed by atoms with Gasteiger partial charge in [0.05, 0.1) is 12.1 Å². The minimum Gasteiger partial charge on any atom is -0.342 e. The Bertz CT molecular complexity index is 823. The van der Waals surface area contributed by atoms with Crippen LogP contribution >= 0.6 is 0 Å². The number of alkyl halides is 3. The molecule has 1 atom stereocenters. The van der Waals surface area contributed by atoms with Crippen molar-refractivity contribution >= 4 is 17.5 Å². The average molecular weight is 398 g/mol. The van der Waals surface area contributed by atoms with Crippen molar-refractivity contribution < 1.29 is 32.5 Å². The van der Waals surface area contributed by atoms with E-state index < -0.39 is 29.4 Å². The predicted molar refractivity (Wildman–Crippen MR) is 94.7 cm³/mol. The molecule has 0 saturated carbocycles. The third-order valence-corrected chi connectivity index (χ3v) is 3.97. The first-order valence-corrected chi connectivity index (χ1v) is 8.48. The molecular weight excluding hydrogens is 378 g/mol. The molecule has 0 aliphatic carbocycles. The zero-order valence-electron chi connectivity index (χ0n) is 15.0. The van der Waals surface area contributed by atoms with E-state index in [-0.39, 0.29) is 19.1 Å². The van der Waals surface area contributed by atoms with Gasteiger partial charge in [-0.25, -0.2) is 4.39 Å². The third kappa shape index (κ3) is 6.66. The lowest BCUT2D eigenvalue weighted by Crippen LogP contribution is -2.87. The highest BCUT2D eigenvalue weighted by Gasteiger charge is 2.31. The molecule has 0 aliphatic heterocycles. The number of rotatable bonds is 7. The molecule has 0 fully saturated rings. The van der Waals surface area contributed by atoms with Gasteiger partial charge in [-0.2, -0.15) is 13.2 Å². The van der Waals surface area contributed by atoms with E-state index in [4.69, 9.17) is 0 Å². The molecule has 0 heterocycles. The fraction of sp³-hybridized carbons (Fsp3) is 0.263. The minimum absolute atomic E-state index is 0.0543. The molecule has 2 aromatic rings. The fourth-order valence-electron chi connectivity index (χ4n) is 2.41. The summed E-state index contributed by atoms with van der Waals surface area (Å²) in [4.78, 5) is 23.6. The lowest BCUT2D eigenvalue weighted by atomic mass is 10.0.